The largest absolute Gasteiger partial charge is 0.369 e. The van der Waals surface area contributed by atoms with E-state index in [1.54, 1.807) is 12.4 Å². The summed E-state index contributed by atoms with van der Waals surface area (Å²) < 4.78 is 0. The highest BCUT2D eigenvalue weighted by molar-refractivity contribution is 8.00. The number of amides is 1. The Balaban J connectivity index is 2.11. The Morgan fingerprint density at radius 3 is 2.35 bits per heavy atom. The Morgan fingerprint density at radius 2 is 1.76 bits per heavy atom. The normalized spacial score (nSPS) is 10.1. The molecule has 0 atom stereocenters. The lowest BCUT2D eigenvalue weighted by atomic mass is 10.1. The number of nitrogens with zero attached hydrogens (tertiary/aromatic N) is 2. The van der Waals surface area contributed by atoms with Gasteiger partial charge in [-0.1, -0.05) is 12.1 Å². The van der Waals surface area contributed by atoms with E-state index in [9.17, 15) is 4.79 Å². The molecule has 1 amide bonds. The van der Waals surface area contributed by atoms with Crippen molar-refractivity contribution in [3.05, 3.63) is 43.0 Å². The summed E-state index contributed by atoms with van der Waals surface area (Å²) in [5, 5.41) is 0. The topological polar surface area (TPSA) is 68.9 Å². The van der Waals surface area contributed by atoms with Crippen molar-refractivity contribution in [1.29, 1.82) is 0 Å². The molecule has 1 heterocycles. The number of thioether (sulfide) groups is 1. The van der Waals surface area contributed by atoms with E-state index in [-0.39, 0.29) is 5.91 Å². The molecule has 0 aliphatic carbocycles. The van der Waals surface area contributed by atoms with Crippen LogP contribution in [0.2, 0.25) is 0 Å². The van der Waals surface area contributed by atoms with Crippen molar-refractivity contribution >= 4 is 17.7 Å². The molecule has 4 nitrogen and oxygen atoms in total. The average molecular weight is 245 g/mol. The van der Waals surface area contributed by atoms with Gasteiger partial charge in [-0.25, -0.2) is 9.97 Å². The maximum atomic E-state index is 10.6. The van der Waals surface area contributed by atoms with Crippen LogP contribution < -0.4 is 5.73 Å². The lowest BCUT2D eigenvalue weighted by Gasteiger charge is -2.02. The van der Waals surface area contributed by atoms with Gasteiger partial charge in [0.2, 0.25) is 5.91 Å². The Hall–Kier alpha value is -1.88. The Kier molecular flexibility index (Phi) is 3.72. The maximum Gasteiger partial charge on any atom is 0.227 e. The highest BCUT2D eigenvalue weighted by atomic mass is 32.2. The molecule has 0 radical (unpaired) electrons. The number of aromatic nitrogens is 2. The summed E-state index contributed by atoms with van der Waals surface area (Å²) >= 11 is 1.43. The molecule has 86 valence electrons. The third-order valence-electron chi connectivity index (χ3n) is 2.13. The van der Waals surface area contributed by atoms with Gasteiger partial charge in [0.05, 0.1) is 5.75 Å². The fraction of sp³-hybridized carbons (Fsp3) is 0.0833. The van der Waals surface area contributed by atoms with Crippen molar-refractivity contribution in [3.8, 4) is 11.1 Å². The fourth-order valence-electron chi connectivity index (χ4n) is 1.35. The quantitative estimate of drug-likeness (QED) is 0.833. The summed E-state index contributed by atoms with van der Waals surface area (Å²) in [5.74, 6) is -0.0103. The number of primary amides is 1. The van der Waals surface area contributed by atoms with Crippen molar-refractivity contribution in [2.45, 2.75) is 4.90 Å². The molecule has 0 bridgehead atoms. The maximum absolute atomic E-state index is 10.6. The van der Waals surface area contributed by atoms with Crippen molar-refractivity contribution < 1.29 is 4.79 Å². The Labute approximate surface area is 103 Å². The third kappa shape index (κ3) is 3.29. The second-order valence-electron chi connectivity index (χ2n) is 3.41. The van der Waals surface area contributed by atoms with Gasteiger partial charge in [-0.3, -0.25) is 4.79 Å². The van der Waals surface area contributed by atoms with Gasteiger partial charge >= 0.3 is 0 Å². The summed E-state index contributed by atoms with van der Waals surface area (Å²) in [5.41, 5.74) is 7.11. The van der Waals surface area contributed by atoms with Gasteiger partial charge < -0.3 is 5.73 Å². The van der Waals surface area contributed by atoms with Gasteiger partial charge in [0.25, 0.3) is 0 Å². The number of hydrogen-bond acceptors (Lipinski definition) is 4. The van der Waals surface area contributed by atoms with E-state index in [4.69, 9.17) is 5.73 Å². The van der Waals surface area contributed by atoms with E-state index in [0.29, 0.717) is 5.75 Å². The zero-order valence-corrected chi connectivity index (χ0v) is 9.85. The summed E-state index contributed by atoms with van der Waals surface area (Å²) in [6, 6.07) is 7.86. The minimum Gasteiger partial charge on any atom is -0.369 e. The van der Waals surface area contributed by atoms with Crippen LogP contribution in [0.5, 0.6) is 0 Å². The second kappa shape index (κ2) is 5.45. The van der Waals surface area contributed by atoms with Gasteiger partial charge in [-0.15, -0.1) is 11.8 Å². The SMILES string of the molecule is NC(=O)CSc1ccc(-c2cncnc2)cc1. The van der Waals surface area contributed by atoms with Crippen LogP contribution in [0.3, 0.4) is 0 Å². The molecule has 0 spiro atoms. The van der Waals surface area contributed by atoms with Gasteiger partial charge in [0, 0.05) is 22.9 Å². The van der Waals surface area contributed by atoms with Gasteiger partial charge in [0.15, 0.2) is 0 Å². The molecule has 0 saturated heterocycles. The first-order valence-electron chi connectivity index (χ1n) is 5.02. The molecule has 0 saturated carbocycles. The smallest absolute Gasteiger partial charge is 0.227 e. The number of benzene rings is 1. The zero-order valence-electron chi connectivity index (χ0n) is 9.04. The first-order chi connectivity index (χ1) is 8.25. The van der Waals surface area contributed by atoms with E-state index in [1.165, 1.54) is 18.1 Å². The average Bonchev–Trinajstić information content (AvgIpc) is 2.38. The monoisotopic (exact) mass is 245 g/mol. The van der Waals surface area contributed by atoms with Crippen LogP contribution in [0.1, 0.15) is 0 Å². The van der Waals surface area contributed by atoms with Crippen LogP contribution in [0.15, 0.2) is 47.9 Å². The van der Waals surface area contributed by atoms with E-state index in [0.717, 1.165) is 16.0 Å². The predicted octanol–water partition coefficient (Wildman–Crippen LogP) is 1.72. The predicted molar refractivity (Wildman–Crippen MR) is 67.4 cm³/mol. The fourth-order valence-corrected chi connectivity index (χ4v) is 1.98. The van der Waals surface area contributed by atoms with Gasteiger partial charge in [-0.05, 0) is 17.7 Å². The van der Waals surface area contributed by atoms with E-state index >= 15 is 0 Å². The molecule has 0 aliphatic rings. The summed E-state index contributed by atoms with van der Waals surface area (Å²) in [4.78, 5) is 19.6. The number of hydrogen-bond donors (Lipinski definition) is 1. The standard InChI is InChI=1S/C12H11N3OS/c13-12(16)7-17-11-3-1-9(2-4-11)10-5-14-8-15-6-10/h1-6,8H,7H2,(H2,13,16). The third-order valence-corrected chi connectivity index (χ3v) is 3.16. The van der Waals surface area contributed by atoms with E-state index in [2.05, 4.69) is 9.97 Å². The lowest BCUT2D eigenvalue weighted by molar-refractivity contribution is -0.115. The first kappa shape index (κ1) is 11.6. The Bertz CT molecular complexity index is 499. The van der Waals surface area contributed by atoms with Crippen LogP contribution in [0.25, 0.3) is 11.1 Å². The number of rotatable bonds is 4. The van der Waals surface area contributed by atoms with E-state index < -0.39 is 0 Å². The molecule has 1 aromatic heterocycles. The van der Waals surface area contributed by atoms with Gasteiger partial charge in [-0.2, -0.15) is 0 Å². The number of carbonyl (C=O) groups excluding carboxylic acids is 1. The molecule has 0 unspecified atom stereocenters. The molecule has 2 N–H and O–H groups in total. The second-order valence-corrected chi connectivity index (χ2v) is 4.46. The van der Waals surface area contributed by atoms with Crippen LogP contribution in [0, 0.1) is 0 Å². The summed E-state index contributed by atoms with van der Waals surface area (Å²) in [6.45, 7) is 0. The minimum absolute atomic E-state index is 0.299. The molecular weight excluding hydrogens is 234 g/mol. The zero-order chi connectivity index (χ0) is 12.1. The molecule has 17 heavy (non-hydrogen) atoms. The van der Waals surface area contributed by atoms with Crippen molar-refractivity contribution in [3.63, 3.8) is 0 Å². The van der Waals surface area contributed by atoms with Crippen LogP contribution in [-0.2, 0) is 4.79 Å². The molecule has 1 aromatic carbocycles. The van der Waals surface area contributed by atoms with Gasteiger partial charge in [0.1, 0.15) is 6.33 Å². The molecule has 0 aliphatic heterocycles. The van der Waals surface area contributed by atoms with Crippen molar-refractivity contribution in [1.82, 2.24) is 9.97 Å². The Morgan fingerprint density at radius 1 is 1.12 bits per heavy atom. The molecule has 0 fully saturated rings. The molecule has 2 rings (SSSR count). The molecule has 2 aromatic rings. The lowest BCUT2D eigenvalue weighted by Crippen LogP contribution is -2.12. The van der Waals surface area contributed by atoms with Crippen LogP contribution in [0.4, 0.5) is 0 Å². The van der Waals surface area contributed by atoms with Crippen LogP contribution >= 0.6 is 11.8 Å². The van der Waals surface area contributed by atoms with Crippen molar-refractivity contribution in [2.75, 3.05) is 5.75 Å². The number of nitrogens with two attached hydrogens (primary N) is 1. The van der Waals surface area contributed by atoms with Crippen molar-refractivity contribution in [2.24, 2.45) is 5.73 Å². The van der Waals surface area contributed by atoms with E-state index in [1.807, 2.05) is 24.3 Å². The minimum atomic E-state index is -0.310. The number of carbonyl (C=O) groups is 1. The summed E-state index contributed by atoms with van der Waals surface area (Å²) in [7, 11) is 0. The molecular formula is C12H11N3OS. The summed E-state index contributed by atoms with van der Waals surface area (Å²) in [6.07, 6.45) is 5.03. The highest BCUT2D eigenvalue weighted by Gasteiger charge is 2.00. The highest BCUT2D eigenvalue weighted by Crippen LogP contribution is 2.22. The van der Waals surface area contributed by atoms with Crippen LogP contribution in [-0.4, -0.2) is 21.6 Å². The molecule has 5 heteroatoms. The first-order valence-corrected chi connectivity index (χ1v) is 6.01.